The molecule has 4 rings (SSSR count). The average molecular weight is 471 g/mol. The summed E-state index contributed by atoms with van der Waals surface area (Å²) in [6.07, 6.45) is -2.36. The van der Waals surface area contributed by atoms with Crippen molar-refractivity contribution in [3.8, 4) is 0 Å². The van der Waals surface area contributed by atoms with Crippen molar-refractivity contribution in [3.05, 3.63) is 77.7 Å². The number of carbonyl (C=O) groups excluding carboxylic acids is 3. The van der Waals surface area contributed by atoms with Crippen molar-refractivity contribution < 1.29 is 32.0 Å². The van der Waals surface area contributed by atoms with Crippen LogP contribution in [0, 0.1) is 0 Å². The Hall–Kier alpha value is -4.08. The van der Waals surface area contributed by atoms with Gasteiger partial charge in [-0.15, -0.1) is 0 Å². The van der Waals surface area contributed by atoms with Crippen LogP contribution in [-0.4, -0.2) is 24.3 Å². The standard InChI is InChI=1S/C24H20F3N3O4/c25-24(26,27)18-14-16(28-23(33)20-3-2-12-34-20)7-10-19(18)29-21(31)13-15-5-8-17(9-6-15)30-11-1-4-22(30)32/h2-3,5-10,12,14H,1,4,11,13H2,(H,28,33)(H,29,31). The number of furan rings is 1. The first-order chi connectivity index (χ1) is 16.2. The minimum absolute atomic E-state index is 0.0361. The summed E-state index contributed by atoms with van der Waals surface area (Å²) in [7, 11) is 0. The summed E-state index contributed by atoms with van der Waals surface area (Å²) in [6.45, 7) is 0.636. The summed E-state index contributed by atoms with van der Waals surface area (Å²) < 4.78 is 45.8. The first-order valence-corrected chi connectivity index (χ1v) is 10.5. The lowest BCUT2D eigenvalue weighted by Gasteiger charge is -2.17. The smallest absolute Gasteiger partial charge is 0.418 e. The maximum absolute atomic E-state index is 13.6. The maximum atomic E-state index is 13.6. The van der Waals surface area contributed by atoms with Crippen molar-refractivity contribution in [1.82, 2.24) is 0 Å². The first-order valence-electron chi connectivity index (χ1n) is 10.5. The van der Waals surface area contributed by atoms with E-state index in [1.165, 1.54) is 24.5 Å². The average Bonchev–Trinajstić information content (AvgIpc) is 3.47. The van der Waals surface area contributed by atoms with E-state index in [2.05, 4.69) is 10.6 Å². The number of halogens is 3. The largest absolute Gasteiger partial charge is 0.459 e. The maximum Gasteiger partial charge on any atom is 0.418 e. The van der Waals surface area contributed by atoms with Crippen LogP contribution in [0.2, 0.25) is 0 Å². The quantitative estimate of drug-likeness (QED) is 0.537. The van der Waals surface area contributed by atoms with Crippen LogP contribution in [0.25, 0.3) is 0 Å². The van der Waals surface area contributed by atoms with Crippen molar-refractivity contribution in [2.45, 2.75) is 25.4 Å². The Morgan fingerprint density at radius 2 is 1.79 bits per heavy atom. The number of carbonyl (C=O) groups is 3. The molecule has 0 radical (unpaired) electrons. The molecule has 0 saturated carbocycles. The highest BCUT2D eigenvalue weighted by Crippen LogP contribution is 2.37. The molecule has 176 valence electrons. The summed E-state index contributed by atoms with van der Waals surface area (Å²) in [4.78, 5) is 38.0. The highest BCUT2D eigenvalue weighted by Gasteiger charge is 2.34. The van der Waals surface area contributed by atoms with Crippen LogP contribution < -0.4 is 15.5 Å². The SMILES string of the molecule is O=C(Cc1ccc(N2CCCC2=O)cc1)Nc1ccc(NC(=O)c2ccco2)cc1C(F)(F)F. The second-order valence-electron chi connectivity index (χ2n) is 7.73. The molecule has 7 nitrogen and oxygen atoms in total. The number of nitrogens with one attached hydrogen (secondary N) is 2. The zero-order chi connectivity index (χ0) is 24.3. The summed E-state index contributed by atoms with van der Waals surface area (Å²) in [5.41, 5.74) is -0.311. The van der Waals surface area contributed by atoms with Gasteiger partial charge in [0.05, 0.1) is 23.9 Å². The lowest BCUT2D eigenvalue weighted by atomic mass is 10.1. The molecule has 10 heteroatoms. The Balaban J connectivity index is 1.45. The second kappa shape index (κ2) is 9.42. The predicted octanol–water partition coefficient (Wildman–Crippen LogP) is 4.86. The Labute approximate surface area is 192 Å². The van der Waals surface area contributed by atoms with Gasteiger partial charge in [0.2, 0.25) is 11.8 Å². The van der Waals surface area contributed by atoms with Crippen molar-refractivity contribution in [2.75, 3.05) is 22.1 Å². The van der Waals surface area contributed by atoms with E-state index < -0.39 is 29.2 Å². The Kier molecular flexibility index (Phi) is 6.40. The predicted molar refractivity (Wildman–Crippen MR) is 118 cm³/mol. The van der Waals surface area contributed by atoms with Gasteiger partial charge in [0.1, 0.15) is 0 Å². The molecular weight excluding hydrogens is 451 g/mol. The molecule has 34 heavy (non-hydrogen) atoms. The van der Waals surface area contributed by atoms with Crippen molar-refractivity contribution in [2.24, 2.45) is 0 Å². The normalized spacial score (nSPS) is 13.7. The zero-order valence-corrected chi connectivity index (χ0v) is 17.8. The fraction of sp³-hybridized carbons (Fsp3) is 0.208. The fourth-order valence-corrected chi connectivity index (χ4v) is 3.66. The Morgan fingerprint density at radius 3 is 2.41 bits per heavy atom. The molecule has 0 aliphatic carbocycles. The molecule has 3 amide bonds. The molecule has 1 aliphatic heterocycles. The molecule has 0 spiro atoms. The van der Waals surface area contributed by atoms with E-state index in [1.54, 1.807) is 29.2 Å². The van der Waals surface area contributed by atoms with Crippen LogP contribution in [0.1, 0.15) is 34.5 Å². The van der Waals surface area contributed by atoms with Crippen LogP contribution >= 0.6 is 0 Å². The molecule has 1 aliphatic rings. The first kappa shape index (κ1) is 23.1. The van der Waals surface area contributed by atoms with Gasteiger partial charge in [-0.1, -0.05) is 12.1 Å². The summed E-state index contributed by atoms with van der Waals surface area (Å²) in [5, 5.41) is 4.63. The molecule has 2 N–H and O–H groups in total. The van der Waals surface area contributed by atoms with Gasteiger partial charge in [0, 0.05) is 24.3 Å². The minimum Gasteiger partial charge on any atom is -0.459 e. The molecular formula is C24H20F3N3O4. The molecule has 0 bridgehead atoms. The second-order valence-corrected chi connectivity index (χ2v) is 7.73. The highest BCUT2D eigenvalue weighted by molar-refractivity contribution is 6.02. The molecule has 1 fully saturated rings. The number of benzene rings is 2. The summed E-state index contributed by atoms with van der Waals surface area (Å²) in [5.74, 6) is -1.35. The molecule has 0 atom stereocenters. The lowest BCUT2D eigenvalue weighted by Crippen LogP contribution is -2.23. The number of alkyl halides is 3. The van der Waals surface area contributed by atoms with Crippen LogP contribution in [0.15, 0.2) is 65.3 Å². The molecule has 1 saturated heterocycles. The monoisotopic (exact) mass is 471 g/mol. The lowest BCUT2D eigenvalue weighted by molar-refractivity contribution is -0.137. The van der Waals surface area contributed by atoms with E-state index in [-0.39, 0.29) is 23.8 Å². The van der Waals surface area contributed by atoms with Crippen molar-refractivity contribution in [1.29, 1.82) is 0 Å². The Morgan fingerprint density at radius 1 is 1.03 bits per heavy atom. The van der Waals surface area contributed by atoms with E-state index in [9.17, 15) is 27.6 Å². The third kappa shape index (κ3) is 5.28. The van der Waals surface area contributed by atoms with Gasteiger partial charge in [-0.25, -0.2) is 0 Å². The van der Waals surface area contributed by atoms with E-state index in [0.29, 0.717) is 18.5 Å². The fourth-order valence-electron chi connectivity index (χ4n) is 3.66. The molecule has 3 aromatic rings. The number of rotatable bonds is 6. The van der Waals surface area contributed by atoms with E-state index in [4.69, 9.17) is 4.42 Å². The van der Waals surface area contributed by atoms with Crippen LogP contribution in [-0.2, 0) is 22.2 Å². The number of hydrogen-bond donors (Lipinski definition) is 2. The van der Waals surface area contributed by atoms with Crippen molar-refractivity contribution in [3.63, 3.8) is 0 Å². The number of hydrogen-bond acceptors (Lipinski definition) is 4. The van der Waals surface area contributed by atoms with E-state index >= 15 is 0 Å². The van der Waals surface area contributed by atoms with Crippen molar-refractivity contribution >= 4 is 34.8 Å². The number of amides is 3. The van der Waals surface area contributed by atoms with Gasteiger partial charge < -0.3 is 20.0 Å². The highest BCUT2D eigenvalue weighted by atomic mass is 19.4. The van der Waals surface area contributed by atoms with Crippen LogP contribution in [0.5, 0.6) is 0 Å². The van der Waals surface area contributed by atoms with Gasteiger partial charge in [-0.05, 0) is 54.4 Å². The van der Waals surface area contributed by atoms with Crippen LogP contribution in [0.4, 0.5) is 30.2 Å². The number of nitrogens with zero attached hydrogens (tertiary/aromatic N) is 1. The zero-order valence-electron chi connectivity index (χ0n) is 17.8. The summed E-state index contributed by atoms with van der Waals surface area (Å²) in [6, 6.07) is 12.7. The molecule has 2 heterocycles. The third-order valence-electron chi connectivity index (χ3n) is 5.29. The third-order valence-corrected chi connectivity index (χ3v) is 5.29. The Bertz CT molecular complexity index is 1210. The van der Waals surface area contributed by atoms with Gasteiger partial charge >= 0.3 is 6.18 Å². The number of anilines is 3. The van der Waals surface area contributed by atoms with E-state index in [1.807, 2.05) is 0 Å². The van der Waals surface area contributed by atoms with Gasteiger partial charge in [0.25, 0.3) is 5.91 Å². The van der Waals surface area contributed by atoms with Gasteiger partial charge in [-0.3, -0.25) is 14.4 Å². The van der Waals surface area contributed by atoms with Crippen LogP contribution in [0.3, 0.4) is 0 Å². The molecule has 1 aromatic heterocycles. The summed E-state index contributed by atoms with van der Waals surface area (Å²) >= 11 is 0. The molecule has 2 aromatic carbocycles. The van der Waals surface area contributed by atoms with Gasteiger partial charge in [-0.2, -0.15) is 13.2 Å². The topological polar surface area (TPSA) is 91.7 Å². The minimum atomic E-state index is -4.77. The molecule has 0 unspecified atom stereocenters. The van der Waals surface area contributed by atoms with Gasteiger partial charge in [0.15, 0.2) is 5.76 Å². The van der Waals surface area contributed by atoms with E-state index in [0.717, 1.165) is 24.2 Å².